The van der Waals surface area contributed by atoms with Crippen LogP contribution in [0, 0.1) is 17.1 Å². The van der Waals surface area contributed by atoms with Gasteiger partial charge >= 0.3 is 0 Å². The number of rotatable bonds is 4. The summed E-state index contributed by atoms with van der Waals surface area (Å²) in [5.74, 6) is -0.482. The summed E-state index contributed by atoms with van der Waals surface area (Å²) in [5, 5.41) is 20.6. The summed E-state index contributed by atoms with van der Waals surface area (Å²) >= 11 is 3.03. The highest BCUT2D eigenvalue weighted by atomic mass is 79.9. The number of benzene rings is 1. The van der Waals surface area contributed by atoms with Crippen molar-refractivity contribution in [2.24, 2.45) is 0 Å². The average Bonchev–Trinajstić information content (AvgIpc) is 2.24. The van der Waals surface area contributed by atoms with Gasteiger partial charge in [-0.1, -0.05) is 0 Å². The van der Waals surface area contributed by atoms with E-state index < -0.39 is 11.9 Å². The number of anilines is 1. The summed E-state index contributed by atoms with van der Waals surface area (Å²) in [6.07, 6.45) is 0.120. The Balaban J connectivity index is 2.76. The van der Waals surface area contributed by atoms with Crippen molar-refractivity contribution in [3.63, 3.8) is 0 Å². The topological polar surface area (TPSA) is 56.0 Å². The Morgan fingerprint density at radius 1 is 1.62 bits per heavy atom. The molecule has 0 spiro atoms. The molecule has 86 valence electrons. The maximum Gasteiger partial charge on any atom is 0.161 e. The molecule has 3 nitrogen and oxygen atoms in total. The fourth-order valence-corrected chi connectivity index (χ4v) is 1.62. The van der Waals surface area contributed by atoms with Crippen LogP contribution >= 0.6 is 15.9 Å². The zero-order chi connectivity index (χ0) is 12.1. The summed E-state index contributed by atoms with van der Waals surface area (Å²) in [6.45, 7) is 2.15. The van der Waals surface area contributed by atoms with Crippen molar-refractivity contribution in [3.8, 4) is 6.07 Å². The Morgan fingerprint density at radius 2 is 2.31 bits per heavy atom. The van der Waals surface area contributed by atoms with Gasteiger partial charge in [0.05, 0.1) is 21.8 Å². The van der Waals surface area contributed by atoms with Gasteiger partial charge in [0, 0.05) is 6.54 Å². The molecule has 0 aliphatic carbocycles. The molecule has 0 fully saturated rings. The van der Waals surface area contributed by atoms with Crippen LogP contribution in [0.3, 0.4) is 0 Å². The smallest absolute Gasteiger partial charge is 0.161 e. The highest BCUT2D eigenvalue weighted by Gasteiger charge is 2.10. The van der Waals surface area contributed by atoms with Crippen molar-refractivity contribution < 1.29 is 9.50 Å². The Bertz CT molecular complexity index is 415. The van der Waals surface area contributed by atoms with Crippen molar-refractivity contribution in [1.29, 1.82) is 5.26 Å². The Kier molecular flexibility index (Phi) is 4.71. The first-order valence-corrected chi connectivity index (χ1v) is 5.65. The monoisotopic (exact) mass is 286 g/mol. The summed E-state index contributed by atoms with van der Waals surface area (Å²) in [6, 6.07) is 4.94. The lowest BCUT2D eigenvalue weighted by molar-refractivity contribution is 0.188. The number of aliphatic hydroxyl groups excluding tert-OH is 1. The average molecular weight is 287 g/mol. The molecule has 1 unspecified atom stereocenters. The lowest BCUT2D eigenvalue weighted by Gasteiger charge is -2.10. The molecule has 0 radical (unpaired) electrons. The molecule has 1 rings (SSSR count). The van der Waals surface area contributed by atoms with E-state index in [1.807, 2.05) is 6.07 Å². The summed E-state index contributed by atoms with van der Waals surface area (Å²) in [4.78, 5) is 0. The molecule has 0 aliphatic heterocycles. The molecule has 5 heteroatoms. The third kappa shape index (κ3) is 3.19. The third-order valence-corrected chi connectivity index (χ3v) is 2.86. The van der Waals surface area contributed by atoms with Gasteiger partial charge < -0.3 is 10.4 Å². The van der Waals surface area contributed by atoms with E-state index in [2.05, 4.69) is 21.2 Å². The predicted octanol–water partition coefficient (Wildman–Crippen LogP) is 2.64. The molecule has 1 aromatic carbocycles. The number of aliphatic hydroxyl groups is 1. The first-order valence-electron chi connectivity index (χ1n) is 4.86. The van der Waals surface area contributed by atoms with Crippen LogP contribution in [-0.4, -0.2) is 17.8 Å². The van der Waals surface area contributed by atoms with Crippen molar-refractivity contribution in [2.45, 2.75) is 19.4 Å². The largest absolute Gasteiger partial charge is 0.393 e. The summed E-state index contributed by atoms with van der Waals surface area (Å²) in [7, 11) is 0. The number of nitriles is 1. The highest BCUT2D eigenvalue weighted by molar-refractivity contribution is 9.10. The predicted molar refractivity (Wildman–Crippen MR) is 63.6 cm³/mol. The first-order chi connectivity index (χ1) is 7.56. The van der Waals surface area contributed by atoms with Gasteiger partial charge in [0.1, 0.15) is 6.07 Å². The van der Waals surface area contributed by atoms with E-state index in [9.17, 15) is 4.39 Å². The summed E-state index contributed by atoms with van der Waals surface area (Å²) < 4.78 is 13.8. The molecule has 0 aromatic heterocycles. The fourth-order valence-electron chi connectivity index (χ4n) is 1.19. The molecule has 0 bridgehead atoms. The maximum absolute atomic E-state index is 13.7. The van der Waals surface area contributed by atoms with Gasteiger partial charge in [0.2, 0.25) is 0 Å². The van der Waals surface area contributed by atoms with Crippen molar-refractivity contribution in [1.82, 2.24) is 0 Å². The Morgan fingerprint density at radius 3 is 2.88 bits per heavy atom. The number of hydrogen-bond acceptors (Lipinski definition) is 3. The van der Waals surface area contributed by atoms with E-state index >= 15 is 0 Å². The Labute approximate surface area is 102 Å². The molecule has 2 N–H and O–H groups in total. The maximum atomic E-state index is 13.7. The van der Waals surface area contributed by atoms with E-state index in [1.165, 1.54) is 12.1 Å². The second kappa shape index (κ2) is 5.83. The van der Waals surface area contributed by atoms with Gasteiger partial charge in [0.15, 0.2) is 5.82 Å². The van der Waals surface area contributed by atoms with Gasteiger partial charge in [-0.05, 0) is 41.4 Å². The van der Waals surface area contributed by atoms with Crippen molar-refractivity contribution >= 4 is 21.6 Å². The standard InChI is InChI=1S/C11H12BrFN2O/c1-7(16)4-5-15-9-3-2-8(6-14)10(12)11(9)13/h2-3,7,15-16H,4-5H2,1H3. The lowest BCUT2D eigenvalue weighted by atomic mass is 10.2. The van der Waals surface area contributed by atoms with Gasteiger partial charge in [-0.15, -0.1) is 0 Å². The molecule has 0 aliphatic rings. The minimum Gasteiger partial charge on any atom is -0.393 e. The first kappa shape index (κ1) is 12.9. The third-order valence-electron chi connectivity index (χ3n) is 2.08. The SMILES string of the molecule is CC(O)CCNc1ccc(C#N)c(Br)c1F. The normalized spacial score (nSPS) is 11.9. The van der Waals surface area contributed by atoms with Crippen LogP contribution in [0.2, 0.25) is 0 Å². The zero-order valence-electron chi connectivity index (χ0n) is 8.80. The second-order valence-corrected chi connectivity index (χ2v) is 4.26. The zero-order valence-corrected chi connectivity index (χ0v) is 10.4. The minimum absolute atomic E-state index is 0.164. The highest BCUT2D eigenvalue weighted by Crippen LogP contribution is 2.26. The summed E-state index contributed by atoms with van der Waals surface area (Å²) in [5.41, 5.74) is 0.588. The molecule has 1 atom stereocenters. The van der Waals surface area contributed by atoms with Gasteiger partial charge in [-0.2, -0.15) is 5.26 Å². The number of halogens is 2. The van der Waals surface area contributed by atoms with Crippen LogP contribution in [0.25, 0.3) is 0 Å². The van der Waals surface area contributed by atoms with Crippen LogP contribution in [0.4, 0.5) is 10.1 Å². The number of hydrogen-bond donors (Lipinski definition) is 2. The number of nitrogens with zero attached hydrogens (tertiary/aromatic N) is 1. The van der Waals surface area contributed by atoms with E-state index in [4.69, 9.17) is 10.4 Å². The molecule has 0 saturated heterocycles. The van der Waals surface area contributed by atoms with E-state index in [1.54, 1.807) is 6.92 Å². The molecule has 16 heavy (non-hydrogen) atoms. The fraction of sp³-hybridized carbons (Fsp3) is 0.364. The van der Waals surface area contributed by atoms with Crippen LogP contribution in [-0.2, 0) is 0 Å². The number of nitrogens with one attached hydrogen (secondary N) is 1. The van der Waals surface area contributed by atoms with Gasteiger partial charge in [-0.25, -0.2) is 4.39 Å². The molecule has 0 heterocycles. The van der Waals surface area contributed by atoms with Crippen molar-refractivity contribution in [3.05, 3.63) is 28.0 Å². The van der Waals surface area contributed by atoms with E-state index in [0.29, 0.717) is 18.7 Å². The van der Waals surface area contributed by atoms with Gasteiger partial charge in [0.25, 0.3) is 0 Å². The van der Waals surface area contributed by atoms with Crippen LogP contribution in [0.1, 0.15) is 18.9 Å². The minimum atomic E-state index is -0.482. The van der Waals surface area contributed by atoms with E-state index in [-0.39, 0.29) is 10.0 Å². The quantitative estimate of drug-likeness (QED) is 0.895. The van der Waals surface area contributed by atoms with Crippen LogP contribution < -0.4 is 5.32 Å². The van der Waals surface area contributed by atoms with Crippen molar-refractivity contribution in [2.75, 3.05) is 11.9 Å². The van der Waals surface area contributed by atoms with E-state index in [0.717, 1.165) is 0 Å². The van der Waals surface area contributed by atoms with Gasteiger partial charge in [-0.3, -0.25) is 0 Å². The van der Waals surface area contributed by atoms with Crippen LogP contribution in [0.15, 0.2) is 16.6 Å². The molecular weight excluding hydrogens is 275 g/mol. The molecule has 1 aromatic rings. The molecule has 0 amide bonds. The Hall–Kier alpha value is -1.12. The lowest BCUT2D eigenvalue weighted by Crippen LogP contribution is -2.10. The van der Waals surface area contributed by atoms with Crippen LogP contribution in [0.5, 0.6) is 0 Å². The second-order valence-electron chi connectivity index (χ2n) is 3.46. The molecule has 0 saturated carbocycles. The molecular formula is C11H12BrFN2O.